The second kappa shape index (κ2) is 8.39. The Kier molecular flexibility index (Phi) is 5.74. The fourth-order valence-corrected chi connectivity index (χ4v) is 2.50. The van der Waals surface area contributed by atoms with Crippen molar-refractivity contribution in [3.63, 3.8) is 0 Å². The Morgan fingerprint density at radius 1 is 0.960 bits per heavy atom. The van der Waals surface area contributed by atoms with Crippen LogP contribution in [0, 0.1) is 5.82 Å². The van der Waals surface area contributed by atoms with Gasteiger partial charge in [-0.3, -0.25) is 0 Å². The Hall–Kier alpha value is -2.73. The third kappa shape index (κ3) is 4.87. The highest BCUT2D eigenvalue weighted by atomic mass is 35.5. The number of rotatable bonds is 7. The third-order valence-corrected chi connectivity index (χ3v) is 3.98. The quantitative estimate of drug-likeness (QED) is 0.670. The van der Waals surface area contributed by atoms with Crippen molar-refractivity contribution in [2.45, 2.75) is 13.0 Å². The number of benzene rings is 2. The summed E-state index contributed by atoms with van der Waals surface area (Å²) in [7, 11) is 0. The zero-order valence-electron chi connectivity index (χ0n) is 13.4. The van der Waals surface area contributed by atoms with Gasteiger partial charge in [-0.25, -0.2) is 4.39 Å². The molecule has 0 spiro atoms. The van der Waals surface area contributed by atoms with Gasteiger partial charge in [0.2, 0.25) is 5.95 Å². The van der Waals surface area contributed by atoms with Gasteiger partial charge in [0.05, 0.1) is 6.20 Å². The predicted octanol–water partition coefficient (Wildman–Crippen LogP) is 3.93. The molecule has 0 aliphatic rings. The van der Waals surface area contributed by atoms with Crippen LogP contribution in [0.2, 0.25) is 5.02 Å². The van der Waals surface area contributed by atoms with Crippen molar-refractivity contribution < 1.29 is 4.39 Å². The van der Waals surface area contributed by atoms with E-state index in [1.807, 2.05) is 30.3 Å². The van der Waals surface area contributed by atoms with Gasteiger partial charge in [0.1, 0.15) is 5.82 Å². The lowest BCUT2D eigenvalue weighted by atomic mass is 10.1. The van der Waals surface area contributed by atoms with Gasteiger partial charge in [-0.1, -0.05) is 48.0 Å². The van der Waals surface area contributed by atoms with Gasteiger partial charge in [-0.15, -0.1) is 5.10 Å². The Morgan fingerprint density at radius 3 is 2.52 bits per heavy atom. The molecule has 3 rings (SSSR count). The number of anilines is 2. The molecule has 25 heavy (non-hydrogen) atoms. The molecule has 0 saturated carbocycles. The second-order valence-corrected chi connectivity index (χ2v) is 5.79. The first-order chi connectivity index (χ1) is 12.2. The van der Waals surface area contributed by atoms with Crippen LogP contribution in [0.3, 0.4) is 0 Å². The molecule has 2 aromatic carbocycles. The van der Waals surface area contributed by atoms with Crippen LogP contribution in [-0.4, -0.2) is 21.7 Å². The van der Waals surface area contributed by atoms with Crippen molar-refractivity contribution in [3.05, 3.63) is 76.7 Å². The summed E-state index contributed by atoms with van der Waals surface area (Å²) in [6.07, 6.45) is 2.08. The molecular weight excluding hydrogens is 341 g/mol. The Balaban J connectivity index is 1.54. The Morgan fingerprint density at radius 2 is 1.72 bits per heavy atom. The van der Waals surface area contributed by atoms with E-state index in [4.69, 9.17) is 11.6 Å². The summed E-state index contributed by atoms with van der Waals surface area (Å²) in [6.45, 7) is 1.05. The fraction of sp³-hybridized carbons (Fsp3) is 0.167. The molecule has 0 atom stereocenters. The molecule has 2 N–H and O–H groups in total. The largest absolute Gasteiger partial charge is 0.364 e. The van der Waals surface area contributed by atoms with E-state index in [0.29, 0.717) is 41.9 Å². The Bertz CT molecular complexity index is 843. The van der Waals surface area contributed by atoms with Gasteiger partial charge in [0.15, 0.2) is 5.82 Å². The maximum Gasteiger partial charge on any atom is 0.244 e. The fourth-order valence-electron chi connectivity index (χ4n) is 2.30. The van der Waals surface area contributed by atoms with Crippen molar-refractivity contribution in [3.8, 4) is 0 Å². The lowest BCUT2D eigenvalue weighted by Crippen LogP contribution is -2.11. The van der Waals surface area contributed by atoms with Gasteiger partial charge in [-0.2, -0.15) is 10.1 Å². The molecule has 0 radical (unpaired) electrons. The summed E-state index contributed by atoms with van der Waals surface area (Å²) in [5.41, 5.74) is 1.62. The smallest absolute Gasteiger partial charge is 0.244 e. The second-order valence-electron chi connectivity index (χ2n) is 5.38. The molecular formula is C18H17ClFN5. The average molecular weight is 358 g/mol. The summed E-state index contributed by atoms with van der Waals surface area (Å²) in [6, 6.07) is 14.3. The summed E-state index contributed by atoms with van der Waals surface area (Å²) in [5.74, 6) is 0.766. The van der Waals surface area contributed by atoms with Gasteiger partial charge >= 0.3 is 0 Å². The highest BCUT2D eigenvalue weighted by Gasteiger charge is 2.04. The molecule has 0 saturated heterocycles. The molecule has 0 unspecified atom stereocenters. The number of nitrogens with one attached hydrogen (secondary N) is 2. The zero-order chi connectivity index (χ0) is 17.5. The zero-order valence-corrected chi connectivity index (χ0v) is 14.2. The van der Waals surface area contributed by atoms with E-state index in [1.54, 1.807) is 18.3 Å². The highest BCUT2D eigenvalue weighted by molar-refractivity contribution is 6.31. The monoisotopic (exact) mass is 357 g/mol. The van der Waals surface area contributed by atoms with Crippen molar-refractivity contribution in [1.29, 1.82) is 0 Å². The standard InChI is InChI=1S/C18H17ClFN5/c19-15-7-3-1-6-14(15)11-22-17-12-23-25-18(24-17)21-10-9-13-5-2-4-8-16(13)20/h1-8,12H,9-11H2,(H2,21,22,24,25). The number of nitrogens with zero attached hydrogens (tertiary/aromatic N) is 3. The minimum Gasteiger partial charge on any atom is -0.364 e. The molecule has 3 aromatic rings. The SMILES string of the molecule is Fc1ccccc1CCNc1nncc(NCc2ccccc2Cl)n1. The van der Waals surface area contributed by atoms with Crippen molar-refractivity contribution >= 4 is 23.4 Å². The maximum atomic E-state index is 13.6. The van der Waals surface area contributed by atoms with Crippen molar-refractivity contribution in [1.82, 2.24) is 15.2 Å². The minimum absolute atomic E-state index is 0.210. The van der Waals surface area contributed by atoms with E-state index in [2.05, 4.69) is 25.8 Å². The molecule has 0 aliphatic carbocycles. The molecule has 7 heteroatoms. The van der Waals surface area contributed by atoms with Gasteiger partial charge in [0, 0.05) is 18.1 Å². The van der Waals surface area contributed by atoms with Crippen LogP contribution in [0.25, 0.3) is 0 Å². The number of hydrogen-bond acceptors (Lipinski definition) is 5. The van der Waals surface area contributed by atoms with E-state index in [0.717, 1.165) is 5.56 Å². The predicted molar refractivity (Wildman–Crippen MR) is 97.2 cm³/mol. The van der Waals surface area contributed by atoms with Gasteiger partial charge in [0.25, 0.3) is 0 Å². The number of halogens is 2. The van der Waals surface area contributed by atoms with Crippen LogP contribution >= 0.6 is 11.6 Å². The number of hydrogen-bond donors (Lipinski definition) is 2. The molecule has 1 heterocycles. The van der Waals surface area contributed by atoms with Gasteiger partial charge < -0.3 is 10.6 Å². The van der Waals surface area contributed by atoms with Crippen LogP contribution < -0.4 is 10.6 Å². The van der Waals surface area contributed by atoms with E-state index in [9.17, 15) is 4.39 Å². The average Bonchev–Trinajstić information content (AvgIpc) is 2.63. The minimum atomic E-state index is -0.210. The molecule has 0 fully saturated rings. The van der Waals surface area contributed by atoms with Crippen LogP contribution in [0.1, 0.15) is 11.1 Å². The van der Waals surface area contributed by atoms with E-state index in [1.165, 1.54) is 6.07 Å². The van der Waals surface area contributed by atoms with Crippen LogP contribution in [0.15, 0.2) is 54.7 Å². The normalized spacial score (nSPS) is 10.5. The highest BCUT2D eigenvalue weighted by Crippen LogP contribution is 2.16. The topological polar surface area (TPSA) is 62.7 Å². The number of aromatic nitrogens is 3. The molecule has 0 amide bonds. The van der Waals surface area contributed by atoms with E-state index < -0.39 is 0 Å². The molecule has 0 bridgehead atoms. The van der Waals surface area contributed by atoms with Crippen LogP contribution in [0.4, 0.5) is 16.2 Å². The molecule has 0 aliphatic heterocycles. The van der Waals surface area contributed by atoms with Gasteiger partial charge in [-0.05, 0) is 29.7 Å². The summed E-state index contributed by atoms with van der Waals surface area (Å²) >= 11 is 6.13. The maximum absolute atomic E-state index is 13.6. The first kappa shape index (κ1) is 17.1. The Labute approximate surface area is 150 Å². The van der Waals surface area contributed by atoms with Crippen molar-refractivity contribution in [2.75, 3.05) is 17.2 Å². The van der Waals surface area contributed by atoms with E-state index in [-0.39, 0.29) is 5.82 Å². The molecule has 5 nitrogen and oxygen atoms in total. The first-order valence-corrected chi connectivity index (χ1v) is 8.24. The van der Waals surface area contributed by atoms with Crippen molar-refractivity contribution in [2.24, 2.45) is 0 Å². The lowest BCUT2D eigenvalue weighted by molar-refractivity contribution is 0.610. The van der Waals surface area contributed by atoms with Crippen LogP contribution in [0.5, 0.6) is 0 Å². The lowest BCUT2D eigenvalue weighted by Gasteiger charge is -2.09. The first-order valence-electron chi connectivity index (χ1n) is 7.86. The van der Waals surface area contributed by atoms with Crippen LogP contribution in [-0.2, 0) is 13.0 Å². The molecule has 128 valence electrons. The summed E-state index contributed by atoms with van der Waals surface area (Å²) in [4.78, 5) is 4.34. The third-order valence-electron chi connectivity index (χ3n) is 3.61. The molecule has 1 aromatic heterocycles. The summed E-state index contributed by atoms with van der Waals surface area (Å²) < 4.78 is 13.6. The van der Waals surface area contributed by atoms with E-state index >= 15 is 0 Å². The summed E-state index contributed by atoms with van der Waals surface area (Å²) in [5, 5.41) is 14.8.